The lowest BCUT2D eigenvalue weighted by Crippen LogP contribution is -2.13. The Morgan fingerprint density at radius 2 is 1.87 bits per heavy atom. The number of rotatable bonds is 4. The lowest BCUT2D eigenvalue weighted by molar-refractivity contribution is -0.137. The van der Waals surface area contributed by atoms with Crippen molar-refractivity contribution in [2.45, 2.75) is 38.3 Å². The van der Waals surface area contributed by atoms with Crippen LogP contribution in [0.3, 0.4) is 0 Å². The summed E-state index contributed by atoms with van der Waals surface area (Å²) in [5.74, 6) is -0.249. The van der Waals surface area contributed by atoms with E-state index in [1.807, 2.05) is 18.2 Å². The molecule has 30 heavy (non-hydrogen) atoms. The summed E-state index contributed by atoms with van der Waals surface area (Å²) in [6.45, 7) is 0. The maximum Gasteiger partial charge on any atom is 0.416 e. The second-order valence-corrected chi connectivity index (χ2v) is 8.78. The molecule has 156 valence electrons. The zero-order chi connectivity index (χ0) is 21.3. The molecule has 0 saturated heterocycles. The SMILES string of the molecule is O=C(Nc1ncc(Cc2cc(C(F)(F)F)ccc2Cl)s1)c1ccc2c(c1)CCCC2. The van der Waals surface area contributed by atoms with Crippen LogP contribution in [0.15, 0.2) is 42.6 Å². The molecule has 3 aromatic rings. The number of hydrogen-bond acceptors (Lipinski definition) is 3. The molecular weight excluding hydrogens is 433 g/mol. The molecule has 0 fully saturated rings. The van der Waals surface area contributed by atoms with Crippen LogP contribution in [0.2, 0.25) is 5.02 Å². The Kier molecular flexibility index (Phi) is 5.84. The summed E-state index contributed by atoms with van der Waals surface area (Å²) in [5, 5.41) is 3.44. The number of halogens is 4. The number of benzene rings is 2. The number of alkyl halides is 3. The van der Waals surface area contributed by atoms with Gasteiger partial charge in [-0.2, -0.15) is 13.2 Å². The average molecular weight is 451 g/mol. The van der Waals surface area contributed by atoms with Crippen molar-refractivity contribution in [1.82, 2.24) is 4.98 Å². The smallest absolute Gasteiger partial charge is 0.298 e. The molecule has 0 spiro atoms. The van der Waals surface area contributed by atoms with E-state index in [0.717, 1.165) is 31.4 Å². The molecule has 1 aliphatic carbocycles. The molecule has 0 saturated carbocycles. The third-order valence-corrected chi connectivity index (χ3v) is 6.40. The van der Waals surface area contributed by atoms with Crippen molar-refractivity contribution >= 4 is 34.0 Å². The first-order valence-electron chi connectivity index (χ1n) is 9.53. The van der Waals surface area contributed by atoms with E-state index in [4.69, 9.17) is 11.6 Å². The molecule has 0 atom stereocenters. The molecule has 0 bridgehead atoms. The predicted molar refractivity (Wildman–Crippen MR) is 112 cm³/mol. The van der Waals surface area contributed by atoms with E-state index in [1.54, 1.807) is 6.20 Å². The number of fused-ring (bicyclic) bond motifs is 1. The molecule has 1 heterocycles. The van der Waals surface area contributed by atoms with Gasteiger partial charge in [0.25, 0.3) is 5.91 Å². The third-order valence-electron chi connectivity index (χ3n) is 5.12. The van der Waals surface area contributed by atoms with Gasteiger partial charge >= 0.3 is 6.18 Å². The van der Waals surface area contributed by atoms with Gasteiger partial charge in [0.1, 0.15) is 0 Å². The molecule has 2 aromatic carbocycles. The van der Waals surface area contributed by atoms with E-state index in [-0.39, 0.29) is 17.4 Å². The molecule has 8 heteroatoms. The number of carbonyl (C=O) groups excluding carboxylic acids is 1. The van der Waals surface area contributed by atoms with E-state index in [1.165, 1.54) is 35.0 Å². The maximum absolute atomic E-state index is 13.0. The van der Waals surface area contributed by atoms with Crippen molar-refractivity contribution in [2.24, 2.45) is 0 Å². The summed E-state index contributed by atoms with van der Waals surface area (Å²) in [4.78, 5) is 17.5. The number of hydrogen-bond donors (Lipinski definition) is 1. The number of nitrogens with zero attached hydrogens (tertiary/aromatic N) is 1. The molecule has 1 aromatic heterocycles. The first kappa shape index (κ1) is 20.9. The third kappa shape index (κ3) is 4.68. The monoisotopic (exact) mass is 450 g/mol. The highest BCUT2D eigenvalue weighted by Crippen LogP contribution is 2.33. The molecule has 3 nitrogen and oxygen atoms in total. The Hall–Kier alpha value is -2.38. The lowest BCUT2D eigenvalue weighted by Gasteiger charge is -2.16. The Morgan fingerprint density at radius 3 is 2.63 bits per heavy atom. The van der Waals surface area contributed by atoms with Crippen molar-refractivity contribution in [3.63, 3.8) is 0 Å². The molecule has 0 radical (unpaired) electrons. The summed E-state index contributed by atoms with van der Waals surface area (Å²) in [7, 11) is 0. The topological polar surface area (TPSA) is 42.0 Å². The van der Waals surface area contributed by atoms with E-state index < -0.39 is 11.7 Å². The van der Waals surface area contributed by atoms with E-state index in [0.29, 0.717) is 21.1 Å². The second-order valence-electron chi connectivity index (χ2n) is 7.26. The van der Waals surface area contributed by atoms with E-state index >= 15 is 0 Å². The Balaban J connectivity index is 1.47. The largest absolute Gasteiger partial charge is 0.416 e. The van der Waals surface area contributed by atoms with Crippen LogP contribution in [-0.2, 0) is 25.4 Å². The van der Waals surface area contributed by atoms with Gasteiger partial charge in [-0.3, -0.25) is 10.1 Å². The van der Waals surface area contributed by atoms with Gasteiger partial charge in [-0.15, -0.1) is 11.3 Å². The molecule has 1 aliphatic rings. The van der Waals surface area contributed by atoms with Crippen molar-refractivity contribution in [3.8, 4) is 0 Å². The summed E-state index contributed by atoms with van der Waals surface area (Å²) in [6, 6.07) is 9.01. The fraction of sp³-hybridized carbons (Fsp3) is 0.273. The van der Waals surface area contributed by atoms with Crippen LogP contribution in [0.1, 0.15) is 50.3 Å². The van der Waals surface area contributed by atoms with E-state index in [9.17, 15) is 18.0 Å². The summed E-state index contributed by atoms with van der Waals surface area (Å²) in [5.41, 5.74) is 2.71. The lowest BCUT2D eigenvalue weighted by atomic mass is 9.90. The highest BCUT2D eigenvalue weighted by atomic mass is 35.5. The molecule has 1 N–H and O–H groups in total. The van der Waals surface area contributed by atoms with Gasteiger partial charge < -0.3 is 0 Å². The van der Waals surface area contributed by atoms with Gasteiger partial charge in [-0.05, 0) is 72.7 Å². The van der Waals surface area contributed by atoms with Gasteiger partial charge in [0.2, 0.25) is 0 Å². The summed E-state index contributed by atoms with van der Waals surface area (Å²) >= 11 is 7.29. The second kappa shape index (κ2) is 8.40. The minimum Gasteiger partial charge on any atom is -0.298 e. The van der Waals surface area contributed by atoms with Crippen LogP contribution >= 0.6 is 22.9 Å². The van der Waals surface area contributed by atoms with Crippen molar-refractivity contribution in [2.75, 3.05) is 5.32 Å². The van der Waals surface area contributed by atoms with Crippen LogP contribution in [0, 0.1) is 0 Å². The minimum absolute atomic E-state index is 0.204. The number of nitrogens with one attached hydrogen (secondary N) is 1. The number of carbonyl (C=O) groups is 1. The maximum atomic E-state index is 13.0. The number of thiazole rings is 1. The summed E-state index contributed by atoms with van der Waals surface area (Å²) < 4.78 is 38.9. The molecule has 4 rings (SSSR count). The minimum atomic E-state index is -4.43. The number of aryl methyl sites for hydroxylation is 2. The van der Waals surface area contributed by atoms with Crippen LogP contribution in [0.4, 0.5) is 18.3 Å². The average Bonchev–Trinajstić information content (AvgIpc) is 3.15. The fourth-order valence-corrected chi connectivity index (χ4v) is 4.58. The zero-order valence-corrected chi connectivity index (χ0v) is 17.4. The standard InChI is InChI=1S/C22H18ClF3N2OS/c23-19-8-7-17(22(24,25)26)10-16(19)11-18-12-27-21(30-18)28-20(29)15-6-5-13-3-1-2-4-14(13)9-15/h5-10,12H,1-4,11H2,(H,27,28,29). The predicted octanol–water partition coefficient (Wildman–Crippen LogP) is 6.54. The van der Waals surface area contributed by atoms with Crippen LogP contribution < -0.4 is 5.32 Å². The summed E-state index contributed by atoms with van der Waals surface area (Å²) in [6.07, 6.45) is 1.66. The molecule has 0 unspecified atom stereocenters. The van der Waals surface area contributed by atoms with Crippen molar-refractivity contribution in [1.29, 1.82) is 0 Å². The number of anilines is 1. The first-order valence-corrected chi connectivity index (χ1v) is 10.7. The normalized spacial score (nSPS) is 13.7. The van der Waals surface area contributed by atoms with E-state index in [2.05, 4.69) is 10.3 Å². The number of amides is 1. The van der Waals surface area contributed by atoms with Crippen LogP contribution in [0.5, 0.6) is 0 Å². The first-order chi connectivity index (χ1) is 14.3. The van der Waals surface area contributed by atoms with Crippen molar-refractivity contribution in [3.05, 3.63) is 80.3 Å². The van der Waals surface area contributed by atoms with Crippen molar-refractivity contribution < 1.29 is 18.0 Å². The van der Waals surface area contributed by atoms with Gasteiger partial charge in [0.15, 0.2) is 5.13 Å². The Morgan fingerprint density at radius 1 is 1.10 bits per heavy atom. The van der Waals surface area contributed by atoms with Gasteiger partial charge in [0, 0.05) is 28.1 Å². The van der Waals surface area contributed by atoms with Gasteiger partial charge in [-0.1, -0.05) is 17.7 Å². The Bertz CT molecular complexity index is 1090. The van der Waals surface area contributed by atoms with Gasteiger partial charge in [0.05, 0.1) is 5.56 Å². The quantitative estimate of drug-likeness (QED) is 0.490. The van der Waals surface area contributed by atoms with Gasteiger partial charge in [-0.25, -0.2) is 4.98 Å². The number of aromatic nitrogens is 1. The fourth-order valence-electron chi connectivity index (χ4n) is 3.57. The Labute approximate surface area is 180 Å². The van der Waals surface area contributed by atoms with Crippen LogP contribution in [-0.4, -0.2) is 10.9 Å². The zero-order valence-electron chi connectivity index (χ0n) is 15.9. The highest BCUT2D eigenvalue weighted by Gasteiger charge is 2.31. The highest BCUT2D eigenvalue weighted by molar-refractivity contribution is 7.15. The molecular formula is C22H18ClF3N2OS. The van der Waals surface area contributed by atoms with Crippen LogP contribution in [0.25, 0.3) is 0 Å². The molecule has 1 amide bonds. The molecule has 0 aliphatic heterocycles.